The monoisotopic (exact) mass is 477 g/mol. The number of carbonyl (C=O) groups excluding carboxylic acids is 3. The molecule has 29 heavy (non-hydrogen) atoms. The van der Waals surface area contributed by atoms with Crippen molar-refractivity contribution >= 4 is 45.5 Å². The van der Waals surface area contributed by atoms with Crippen molar-refractivity contribution in [1.29, 1.82) is 0 Å². The van der Waals surface area contributed by atoms with Gasteiger partial charge >= 0.3 is 6.03 Å². The van der Waals surface area contributed by atoms with E-state index >= 15 is 0 Å². The number of halogens is 1. The highest BCUT2D eigenvalue weighted by Crippen LogP contribution is 2.30. The van der Waals surface area contributed by atoms with E-state index in [9.17, 15) is 14.4 Å². The molecule has 1 aliphatic rings. The molecule has 1 fully saturated rings. The number of amides is 4. The largest absolute Gasteiger partial charge is 0.497 e. The van der Waals surface area contributed by atoms with Crippen molar-refractivity contribution < 1.29 is 19.1 Å². The van der Waals surface area contributed by atoms with Crippen LogP contribution in [0.25, 0.3) is 0 Å². The first-order valence-electron chi connectivity index (χ1n) is 8.74. The SMILES string of the molecule is COc1cccc(C2(C)NC(=O)N(NC(=O)CSc3ccc(Br)cc3C)C2=O)c1. The van der Waals surface area contributed by atoms with Crippen LogP contribution in [0.5, 0.6) is 5.75 Å². The number of imide groups is 1. The van der Waals surface area contributed by atoms with Crippen LogP contribution in [0.15, 0.2) is 51.8 Å². The van der Waals surface area contributed by atoms with E-state index in [4.69, 9.17) is 4.74 Å². The Hall–Kier alpha value is -2.52. The van der Waals surface area contributed by atoms with E-state index in [1.807, 2.05) is 25.1 Å². The van der Waals surface area contributed by atoms with Crippen molar-refractivity contribution in [3.63, 3.8) is 0 Å². The molecule has 0 radical (unpaired) electrons. The van der Waals surface area contributed by atoms with Gasteiger partial charge in [0.15, 0.2) is 0 Å². The molecule has 4 amide bonds. The van der Waals surface area contributed by atoms with Gasteiger partial charge in [0.05, 0.1) is 12.9 Å². The lowest BCUT2D eigenvalue weighted by Gasteiger charge is -2.22. The van der Waals surface area contributed by atoms with Crippen molar-refractivity contribution in [3.8, 4) is 5.75 Å². The molecular weight excluding hydrogens is 458 g/mol. The Morgan fingerprint density at radius 2 is 2.03 bits per heavy atom. The van der Waals surface area contributed by atoms with Crippen LogP contribution >= 0.6 is 27.7 Å². The zero-order valence-corrected chi connectivity index (χ0v) is 18.5. The quantitative estimate of drug-likeness (QED) is 0.491. The van der Waals surface area contributed by atoms with Crippen LogP contribution in [0.3, 0.4) is 0 Å². The van der Waals surface area contributed by atoms with Gasteiger partial charge in [-0.1, -0.05) is 28.1 Å². The molecule has 1 saturated heterocycles. The predicted molar refractivity (Wildman–Crippen MR) is 113 cm³/mol. The lowest BCUT2D eigenvalue weighted by Crippen LogP contribution is -2.48. The molecule has 2 aromatic carbocycles. The van der Waals surface area contributed by atoms with Crippen LogP contribution < -0.4 is 15.5 Å². The van der Waals surface area contributed by atoms with Crippen LogP contribution in [0.4, 0.5) is 4.79 Å². The minimum atomic E-state index is -1.30. The fourth-order valence-electron chi connectivity index (χ4n) is 2.95. The van der Waals surface area contributed by atoms with Crippen LogP contribution in [-0.2, 0) is 15.1 Å². The molecule has 0 saturated carbocycles. The summed E-state index contributed by atoms with van der Waals surface area (Å²) in [4.78, 5) is 38.6. The van der Waals surface area contributed by atoms with Gasteiger partial charge in [0, 0.05) is 9.37 Å². The molecule has 1 atom stereocenters. The third-order valence-corrected chi connectivity index (χ3v) is 6.24. The lowest BCUT2D eigenvalue weighted by molar-refractivity contribution is -0.138. The molecule has 2 N–H and O–H groups in total. The lowest BCUT2D eigenvalue weighted by atomic mass is 9.92. The molecule has 0 spiro atoms. The number of ether oxygens (including phenoxy) is 1. The predicted octanol–water partition coefficient (Wildman–Crippen LogP) is 3.36. The van der Waals surface area contributed by atoms with Gasteiger partial charge in [0.2, 0.25) is 5.91 Å². The van der Waals surface area contributed by atoms with Crippen molar-refractivity contribution in [2.75, 3.05) is 12.9 Å². The van der Waals surface area contributed by atoms with E-state index in [1.165, 1.54) is 18.9 Å². The second kappa shape index (κ2) is 8.46. The first-order valence-corrected chi connectivity index (χ1v) is 10.5. The number of methoxy groups -OCH3 is 1. The first kappa shape index (κ1) is 21.2. The maximum atomic E-state index is 12.9. The van der Waals surface area contributed by atoms with Gasteiger partial charge in [-0.3, -0.25) is 15.0 Å². The summed E-state index contributed by atoms with van der Waals surface area (Å²) in [6, 6.07) is 11.9. The van der Waals surface area contributed by atoms with E-state index in [0.29, 0.717) is 11.3 Å². The highest BCUT2D eigenvalue weighted by molar-refractivity contribution is 9.10. The number of rotatable bonds is 6. The highest BCUT2D eigenvalue weighted by atomic mass is 79.9. The second-order valence-corrected chi connectivity index (χ2v) is 8.59. The summed E-state index contributed by atoms with van der Waals surface area (Å²) in [5.41, 5.74) is 2.69. The topological polar surface area (TPSA) is 87.7 Å². The van der Waals surface area contributed by atoms with Gasteiger partial charge in [-0.15, -0.1) is 11.8 Å². The molecule has 9 heteroatoms. The molecule has 0 bridgehead atoms. The van der Waals surface area contributed by atoms with Gasteiger partial charge in [-0.2, -0.15) is 5.01 Å². The van der Waals surface area contributed by atoms with Crippen molar-refractivity contribution in [1.82, 2.24) is 15.8 Å². The van der Waals surface area contributed by atoms with Gasteiger partial charge in [0.25, 0.3) is 5.91 Å². The average Bonchev–Trinajstić information content (AvgIpc) is 2.91. The molecule has 152 valence electrons. The number of carbonyl (C=O) groups is 3. The summed E-state index contributed by atoms with van der Waals surface area (Å²) in [5.74, 6) is -0.380. The molecule has 2 aromatic rings. The minimum absolute atomic E-state index is 0.0649. The molecule has 1 unspecified atom stereocenters. The fraction of sp³-hybridized carbons (Fsp3) is 0.250. The number of urea groups is 1. The van der Waals surface area contributed by atoms with Crippen LogP contribution in [0, 0.1) is 6.92 Å². The smallest absolute Gasteiger partial charge is 0.344 e. The Morgan fingerprint density at radius 1 is 1.28 bits per heavy atom. The third kappa shape index (κ3) is 4.40. The van der Waals surface area contributed by atoms with Crippen LogP contribution in [-0.4, -0.2) is 35.7 Å². The number of hydrogen-bond donors (Lipinski definition) is 2. The Kier molecular flexibility index (Phi) is 6.18. The third-order valence-electron chi connectivity index (χ3n) is 4.57. The summed E-state index contributed by atoms with van der Waals surface area (Å²) in [6.45, 7) is 3.54. The first-order chi connectivity index (χ1) is 13.7. The minimum Gasteiger partial charge on any atom is -0.497 e. The summed E-state index contributed by atoms with van der Waals surface area (Å²) < 4.78 is 6.15. The fourth-order valence-corrected chi connectivity index (χ4v) is 4.22. The summed E-state index contributed by atoms with van der Waals surface area (Å²) in [7, 11) is 1.52. The Labute approximate surface area is 181 Å². The standard InChI is InChI=1S/C20H20BrN3O4S/c1-12-9-14(21)7-8-16(12)29-11-17(25)23-24-18(26)20(2,22-19(24)27)13-5-4-6-15(10-13)28-3/h4-10H,11H2,1-3H3,(H,22,27)(H,23,25). The summed E-state index contributed by atoms with van der Waals surface area (Å²) in [5, 5.41) is 3.38. The van der Waals surface area contributed by atoms with E-state index in [0.717, 1.165) is 19.9 Å². The van der Waals surface area contributed by atoms with Crippen molar-refractivity contribution in [2.24, 2.45) is 0 Å². The second-order valence-electron chi connectivity index (χ2n) is 6.66. The number of hydrazine groups is 1. The molecule has 3 rings (SSSR count). The zero-order chi connectivity index (χ0) is 21.2. The Bertz CT molecular complexity index is 984. The normalized spacial score (nSPS) is 18.6. The molecule has 1 heterocycles. The summed E-state index contributed by atoms with van der Waals surface area (Å²) >= 11 is 4.73. The van der Waals surface area contributed by atoms with Gasteiger partial charge in [-0.05, 0) is 55.3 Å². The Balaban J connectivity index is 1.68. The number of thioether (sulfide) groups is 1. The number of benzene rings is 2. The van der Waals surface area contributed by atoms with E-state index < -0.39 is 23.4 Å². The average molecular weight is 478 g/mol. The Morgan fingerprint density at radius 3 is 2.72 bits per heavy atom. The van der Waals surface area contributed by atoms with Gasteiger partial charge in [-0.25, -0.2) is 4.79 Å². The zero-order valence-electron chi connectivity index (χ0n) is 16.1. The highest BCUT2D eigenvalue weighted by Gasteiger charge is 2.50. The molecule has 1 aliphatic heterocycles. The number of hydrogen-bond acceptors (Lipinski definition) is 5. The number of nitrogens with one attached hydrogen (secondary N) is 2. The van der Waals surface area contributed by atoms with E-state index in [2.05, 4.69) is 26.7 Å². The van der Waals surface area contributed by atoms with Crippen LogP contribution in [0.1, 0.15) is 18.1 Å². The van der Waals surface area contributed by atoms with E-state index in [-0.39, 0.29) is 5.75 Å². The summed E-state index contributed by atoms with van der Waals surface area (Å²) in [6.07, 6.45) is 0. The molecular formula is C20H20BrN3O4S. The van der Waals surface area contributed by atoms with E-state index in [1.54, 1.807) is 31.2 Å². The molecule has 0 aliphatic carbocycles. The maximum absolute atomic E-state index is 12.9. The number of aryl methyl sites for hydroxylation is 1. The van der Waals surface area contributed by atoms with Crippen LogP contribution in [0.2, 0.25) is 0 Å². The van der Waals surface area contributed by atoms with Crippen molar-refractivity contribution in [2.45, 2.75) is 24.3 Å². The molecule has 0 aromatic heterocycles. The van der Waals surface area contributed by atoms with Crippen molar-refractivity contribution in [3.05, 3.63) is 58.1 Å². The van der Waals surface area contributed by atoms with Gasteiger partial charge in [0.1, 0.15) is 11.3 Å². The maximum Gasteiger partial charge on any atom is 0.344 e. The van der Waals surface area contributed by atoms with Gasteiger partial charge < -0.3 is 10.1 Å². The number of nitrogens with zero attached hydrogens (tertiary/aromatic N) is 1. The molecule has 7 nitrogen and oxygen atoms in total.